The number of nitrogens with one attached hydrogen (secondary N) is 1. The summed E-state index contributed by atoms with van der Waals surface area (Å²) in [5, 5.41) is 3.02. The fraction of sp³-hybridized carbons (Fsp3) is 0.579. The molecule has 1 heterocycles. The molecule has 1 atom stereocenters. The van der Waals surface area contributed by atoms with Gasteiger partial charge in [0.15, 0.2) is 0 Å². The summed E-state index contributed by atoms with van der Waals surface area (Å²) in [5.74, 6) is 1.04. The number of hydrogen-bond donors (Lipinski definition) is 1. The van der Waals surface area contributed by atoms with Gasteiger partial charge in [0, 0.05) is 18.2 Å². The fourth-order valence-corrected chi connectivity index (χ4v) is 2.96. The summed E-state index contributed by atoms with van der Waals surface area (Å²) in [6.07, 6.45) is 3.73. The zero-order chi connectivity index (χ0) is 17.1. The Kier molecular flexibility index (Phi) is 5.07. The first-order chi connectivity index (χ1) is 11.5. The van der Waals surface area contributed by atoms with Gasteiger partial charge in [-0.3, -0.25) is 9.59 Å². The van der Waals surface area contributed by atoms with Crippen molar-refractivity contribution in [3.63, 3.8) is 0 Å². The first-order valence-electron chi connectivity index (χ1n) is 8.89. The van der Waals surface area contributed by atoms with E-state index >= 15 is 0 Å². The Hall–Kier alpha value is -2.04. The number of carbonyl (C=O) groups excluding carboxylic acids is 2. The Morgan fingerprint density at radius 3 is 2.79 bits per heavy atom. The van der Waals surface area contributed by atoms with Gasteiger partial charge in [-0.05, 0) is 49.8 Å². The van der Waals surface area contributed by atoms with Crippen molar-refractivity contribution in [2.75, 3.05) is 13.2 Å². The monoisotopic (exact) mass is 330 g/mol. The van der Waals surface area contributed by atoms with Gasteiger partial charge < -0.3 is 15.0 Å². The molecule has 1 aliphatic carbocycles. The maximum atomic E-state index is 12.8. The van der Waals surface area contributed by atoms with Gasteiger partial charge in [0.2, 0.25) is 5.91 Å². The molecule has 0 spiro atoms. The summed E-state index contributed by atoms with van der Waals surface area (Å²) < 4.78 is 5.71. The number of rotatable bonds is 6. The number of benzene rings is 1. The summed E-state index contributed by atoms with van der Waals surface area (Å²) in [6, 6.07) is 7.25. The van der Waals surface area contributed by atoms with Crippen LogP contribution in [0.5, 0.6) is 5.75 Å². The van der Waals surface area contributed by atoms with E-state index < -0.39 is 0 Å². The van der Waals surface area contributed by atoms with Crippen LogP contribution in [0, 0.1) is 5.92 Å². The normalized spacial score (nSPS) is 20.3. The van der Waals surface area contributed by atoms with Crippen LogP contribution in [0.3, 0.4) is 0 Å². The summed E-state index contributed by atoms with van der Waals surface area (Å²) in [6.45, 7) is 5.43. The largest absolute Gasteiger partial charge is 0.493 e. The van der Waals surface area contributed by atoms with E-state index in [1.54, 1.807) is 17.0 Å². The minimum Gasteiger partial charge on any atom is -0.493 e. The van der Waals surface area contributed by atoms with Crippen LogP contribution in [-0.4, -0.2) is 41.9 Å². The molecule has 1 aliphatic heterocycles. The van der Waals surface area contributed by atoms with E-state index in [-0.39, 0.29) is 17.9 Å². The van der Waals surface area contributed by atoms with Crippen molar-refractivity contribution in [3.05, 3.63) is 29.8 Å². The van der Waals surface area contributed by atoms with Gasteiger partial charge in [-0.1, -0.05) is 19.9 Å². The Morgan fingerprint density at radius 1 is 1.29 bits per heavy atom. The summed E-state index contributed by atoms with van der Waals surface area (Å²) >= 11 is 0. The Labute approximate surface area is 143 Å². The van der Waals surface area contributed by atoms with Gasteiger partial charge in [0.05, 0.1) is 6.61 Å². The maximum absolute atomic E-state index is 12.8. The third-order valence-electron chi connectivity index (χ3n) is 4.40. The molecule has 2 amide bonds. The molecule has 1 aromatic carbocycles. The number of likely N-dealkylation sites (tertiary alicyclic amines) is 1. The molecule has 5 heteroatoms. The van der Waals surface area contributed by atoms with E-state index in [1.165, 1.54) is 0 Å². The molecule has 24 heavy (non-hydrogen) atoms. The molecule has 130 valence electrons. The van der Waals surface area contributed by atoms with E-state index in [0.717, 1.165) is 25.7 Å². The fourth-order valence-electron chi connectivity index (χ4n) is 2.96. The first kappa shape index (κ1) is 16.8. The molecule has 2 aliphatic rings. The van der Waals surface area contributed by atoms with Crippen molar-refractivity contribution in [1.82, 2.24) is 10.2 Å². The highest BCUT2D eigenvalue weighted by Crippen LogP contribution is 2.24. The standard InChI is InChI=1S/C19H26N2O3/c1-13(2)12-24-16-6-3-5-14(11-16)19(23)21-10-4-7-17(21)18(22)20-15-8-9-15/h3,5-6,11,13,15,17H,4,7-10,12H2,1-2H3,(H,20,22)/t17-/m0/s1. The average Bonchev–Trinajstić information content (AvgIpc) is 3.24. The van der Waals surface area contributed by atoms with Gasteiger partial charge >= 0.3 is 0 Å². The smallest absolute Gasteiger partial charge is 0.254 e. The molecule has 0 bridgehead atoms. The molecule has 0 aromatic heterocycles. The molecule has 2 fully saturated rings. The molecule has 0 unspecified atom stereocenters. The van der Waals surface area contributed by atoms with Gasteiger partial charge in [-0.25, -0.2) is 0 Å². The van der Waals surface area contributed by atoms with Crippen LogP contribution in [-0.2, 0) is 4.79 Å². The number of carbonyl (C=O) groups is 2. The molecule has 1 saturated carbocycles. The lowest BCUT2D eigenvalue weighted by atomic mass is 10.1. The molecular weight excluding hydrogens is 304 g/mol. The van der Waals surface area contributed by atoms with E-state index in [9.17, 15) is 9.59 Å². The van der Waals surface area contributed by atoms with Crippen LogP contribution in [0.4, 0.5) is 0 Å². The minimum absolute atomic E-state index is 0.00411. The quantitative estimate of drug-likeness (QED) is 0.872. The van der Waals surface area contributed by atoms with Crippen molar-refractivity contribution in [2.24, 2.45) is 5.92 Å². The van der Waals surface area contributed by atoms with Crippen molar-refractivity contribution in [2.45, 2.75) is 51.6 Å². The van der Waals surface area contributed by atoms with Gasteiger partial charge in [-0.2, -0.15) is 0 Å². The van der Waals surface area contributed by atoms with E-state index in [0.29, 0.717) is 36.4 Å². The molecule has 3 rings (SSSR count). The van der Waals surface area contributed by atoms with Crippen molar-refractivity contribution in [3.8, 4) is 5.75 Å². The second-order valence-electron chi connectivity index (χ2n) is 7.17. The SMILES string of the molecule is CC(C)COc1cccc(C(=O)N2CCC[C@H]2C(=O)NC2CC2)c1. The van der Waals surface area contributed by atoms with Crippen molar-refractivity contribution in [1.29, 1.82) is 0 Å². The highest BCUT2D eigenvalue weighted by Gasteiger charge is 2.36. The van der Waals surface area contributed by atoms with Crippen LogP contribution in [0.2, 0.25) is 0 Å². The van der Waals surface area contributed by atoms with Crippen LogP contribution in [0.15, 0.2) is 24.3 Å². The molecule has 5 nitrogen and oxygen atoms in total. The minimum atomic E-state index is -0.335. The van der Waals surface area contributed by atoms with Crippen LogP contribution in [0.25, 0.3) is 0 Å². The molecule has 0 radical (unpaired) electrons. The van der Waals surface area contributed by atoms with Crippen molar-refractivity contribution >= 4 is 11.8 Å². The first-order valence-corrected chi connectivity index (χ1v) is 8.89. The average molecular weight is 330 g/mol. The Morgan fingerprint density at radius 2 is 2.08 bits per heavy atom. The zero-order valence-corrected chi connectivity index (χ0v) is 14.5. The molecule has 1 saturated heterocycles. The number of ether oxygens (including phenoxy) is 1. The zero-order valence-electron chi connectivity index (χ0n) is 14.5. The third kappa shape index (κ3) is 4.08. The van der Waals surface area contributed by atoms with Crippen molar-refractivity contribution < 1.29 is 14.3 Å². The Balaban J connectivity index is 1.68. The van der Waals surface area contributed by atoms with Gasteiger partial charge in [-0.15, -0.1) is 0 Å². The number of nitrogens with zero attached hydrogens (tertiary/aromatic N) is 1. The maximum Gasteiger partial charge on any atom is 0.254 e. The third-order valence-corrected chi connectivity index (χ3v) is 4.40. The predicted molar refractivity (Wildman–Crippen MR) is 92.0 cm³/mol. The highest BCUT2D eigenvalue weighted by atomic mass is 16.5. The van der Waals surface area contributed by atoms with Gasteiger partial charge in [0.1, 0.15) is 11.8 Å². The molecular formula is C19H26N2O3. The number of amides is 2. The summed E-state index contributed by atoms with van der Waals surface area (Å²) in [4.78, 5) is 26.9. The predicted octanol–water partition coefficient (Wildman–Crippen LogP) is 2.60. The van der Waals surface area contributed by atoms with Gasteiger partial charge in [0.25, 0.3) is 5.91 Å². The van der Waals surface area contributed by atoms with Crippen LogP contribution in [0.1, 0.15) is 49.9 Å². The summed E-state index contributed by atoms with van der Waals surface area (Å²) in [5.41, 5.74) is 0.586. The van der Waals surface area contributed by atoms with E-state index in [4.69, 9.17) is 4.74 Å². The number of hydrogen-bond acceptors (Lipinski definition) is 3. The van der Waals surface area contributed by atoms with Crippen LogP contribution < -0.4 is 10.1 Å². The highest BCUT2D eigenvalue weighted by molar-refractivity contribution is 5.98. The van der Waals surface area contributed by atoms with E-state index in [2.05, 4.69) is 19.2 Å². The lowest BCUT2D eigenvalue weighted by Crippen LogP contribution is -2.46. The second-order valence-corrected chi connectivity index (χ2v) is 7.17. The lowest BCUT2D eigenvalue weighted by Gasteiger charge is -2.24. The molecule has 1 aromatic rings. The lowest BCUT2D eigenvalue weighted by molar-refractivity contribution is -0.125. The van der Waals surface area contributed by atoms with Crippen LogP contribution >= 0.6 is 0 Å². The topological polar surface area (TPSA) is 58.6 Å². The molecule has 1 N–H and O–H groups in total. The van der Waals surface area contributed by atoms with E-state index in [1.807, 2.05) is 12.1 Å². The second kappa shape index (κ2) is 7.24. The Bertz CT molecular complexity index is 610. The summed E-state index contributed by atoms with van der Waals surface area (Å²) in [7, 11) is 0.